The van der Waals surface area contributed by atoms with E-state index in [1.807, 2.05) is 11.8 Å². The Morgan fingerprint density at radius 1 is 1.31 bits per heavy atom. The Hall–Kier alpha value is -0.800. The molecule has 0 spiro atoms. The first-order chi connectivity index (χ1) is 7.68. The molecule has 0 aromatic heterocycles. The molecule has 16 heavy (non-hydrogen) atoms. The van der Waals surface area contributed by atoms with Gasteiger partial charge in [-0.3, -0.25) is 4.99 Å². The summed E-state index contributed by atoms with van der Waals surface area (Å²) in [7, 11) is 4.24. The maximum Gasteiger partial charge on any atom is 0.0668 e. The minimum Gasteiger partial charge on any atom is -0.308 e. The second-order valence-electron chi connectivity index (χ2n) is 4.60. The van der Waals surface area contributed by atoms with Gasteiger partial charge in [-0.1, -0.05) is 18.2 Å². The summed E-state index contributed by atoms with van der Waals surface area (Å²) in [5.74, 6) is 1.09. The lowest BCUT2D eigenvalue weighted by Gasteiger charge is -2.30. The van der Waals surface area contributed by atoms with Crippen LogP contribution in [0.4, 0.5) is 5.69 Å². The Balaban J connectivity index is 2.39. The van der Waals surface area contributed by atoms with Gasteiger partial charge in [0, 0.05) is 18.5 Å². The molecule has 1 atom stereocenters. The van der Waals surface area contributed by atoms with Gasteiger partial charge in [-0.05, 0) is 32.0 Å². The van der Waals surface area contributed by atoms with Crippen molar-refractivity contribution in [2.24, 2.45) is 4.99 Å². The molecule has 0 saturated carbocycles. The molecule has 1 aliphatic heterocycles. The SMILES string of the molecule is CSCC1(CN(C)C)C=Nc2ccccc21. The normalized spacial score (nSPS) is 22.8. The Morgan fingerprint density at radius 3 is 2.75 bits per heavy atom. The van der Waals surface area contributed by atoms with Gasteiger partial charge in [0.1, 0.15) is 0 Å². The molecular weight excluding hydrogens is 216 g/mol. The average Bonchev–Trinajstić information content (AvgIpc) is 2.58. The van der Waals surface area contributed by atoms with Crippen molar-refractivity contribution in [1.29, 1.82) is 0 Å². The lowest BCUT2D eigenvalue weighted by atomic mass is 9.84. The van der Waals surface area contributed by atoms with E-state index in [1.54, 1.807) is 0 Å². The molecule has 0 N–H and O–H groups in total. The summed E-state index contributed by atoms with van der Waals surface area (Å²) in [6.07, 6.45) is 4.29. The minimum atomic E-state index is 0.0967. The van der Waals surface area contributed by atoms with E-state index in [0.29, 0.717) is 0 Å². The highest BCUT2D eigenvalue weighted by Crippen LogP contribution is 2.38. The molecule has 86 valence electrons. The number of hydrogen-bond acceptors (Lipinski definition) is 3. The summed E-state index contributed by atoms with van der Waals surface area (Å²) in [6.45, 7) is 1.02. The van der Waals surface area contributed by atoms with Crippen molar-refractivity contribution in [2.75, 3.05) is 32.6 Å². The summed E-state index contributed by atoms with van der Waals surface area (Å²) in [6, 6.07) is 8.48. The highest BCUT2D eigenvalue weighted by molar-refractivity contribution is 7.98. The average molecular weight is 234 g/mol. The molecule has 1 unspecified atom stereocenters. The van der Waals surface area contributed by atoms with Gasteiger partial charge in [-0.25, -0.2) is 0 Å². The number of para-hydroxylation sites is 1. The number of rotatable bonds is 4. The summed E-state index contributed by atoms with van der Waals surface area (Å²) in [5.41, 5.74) is 2.61. The smallest absolute Gasteiger partial charge is 0.0668 e. The van der Waals surface area contributed by atoms with E-state index in [0.717, 1.165) is 18.0 Å². The number of aliphatic imine (C=N–C) groups is 1. The third-order valence-corrected chi connectivity index (χ3v) is 3.70. The number of likely N-dealkylation sites (N-methyl/N-ethyl adjacent to an activating group) is 1. The summed E-state index contributed by atoms with van der Waals surface area (Å²) >= 11 is 1.89. The molecule has 1 aromatic carbocycles. The van der Waals surface area contributed by atoms with Crippen LogP contribution in [0.3, 0.4) is 0 Å². The van der Waals surface area contributed by atoms with Crippen molar-refractivity contribution in [2.45, 2.75) is 5.41 Å². The van der Waals surface area contributed by atoms with Crippen LogP contribution in [-0.4, -0.2) is 43.8 Å². The van der Waals surface area contributed by atoms with Crippen molar-refractivity contribution in [3.8, 4) is 0 Å². The van der Waals surface area contributed by atoms with E-state index in [4.69, 9.17) is 0 Å². The zero-order valence-corrected chi connectivity index (χ0v) is 10.9. The topological polar surface area (TPSA) is 15.6 Å². The first-order valence-electron chi connectivity index (χ1n) is 5.46. The number of thioether (sulfide) groups is 1. The molecular formula is C13H18N2S. The number of nitrogens with zero attached hydrogens (tertiary/aromatic N) is 2. The van der Waals surface area contributed by atoms with Crippen LogP contribution in [0.5, 0.6) is 0 Å². The fourth-order valence-electron chi connectivity index (χ4n) is 2.38. The van der Waals surface area contributed by atoms with Crippen LogP contribution in [0.15, 0.2) is 29.3 Å². The minimum absolute atomic E-state index is 0.0967. The molecule has 3 heteroatoms. The molecule has 1 heterocycles. The van der Waals surface area contributed by atoms with Gasteiger partial charge in [0.2, 0.25) is 0 Å². The summed E-state index contributed by atoms with van der Waals surface area (Å²) < 4.78 is 0. The molecule has 2 nitrogen and oxygen atoms in total. The van der Waals surface area contributed by atoms with Crippen LogP contribution >= 0.6 is 11.8 Å². The number of fused-ring (bicyclic) bond motifs is 1. The van der Waals surface area contributed by atoms with Crippen molar-refractivity contribution >= 4 is 23.7 Å². The Morgan fingerprint density at radius 2 is 2.06 bits per heavy atom. The molecule has 0 bridgehead atoms. The predicted octanol–water partition coefficient (Wildman–Crippen LogP) is 2.56. The van der Waals surface area contributed by atoms with Gasteiger partial charge in [0.05, 0.1) is 11.1 Å². The van der Waals surface area contributed by atoms with Crippen LogP contribution in [0.1, 0.15) is 5.56 Å². The Bertz CT molecular complexity index is 401. The Kier molecular flexibility index (Phi) is 3.36. The van der Waals surface area contributed by atoms with Gasteiger partial charge in [0.25, 0.3) is 0 Å². The zero-order chi connectivity index (χ0) is 11.6. The lowest BCUT2D eigenvalue weighted by molar-refractivity contribution is 0.360. The van der Waals surface area contributed by atoms with Crippen LogP contribution in [0, 0.1) is 0 Å². The van der Waals surface area contributed by atoms with Crippen molar-refractivity contribution in [3.63, 3.8) is 0 Å². The Labute approximate surface area is 102 Å². The highest BCUT2D eigenvalue weighted by atomic mass is 32.2. The zero-order valence-electron chi connectivity index (χ0n) is 10.1. The predicted molar refractivity (Wildman–Crippen MR) is 73.2 cm³/mol. The van der Waals surface area contributed by atoms with Crippen LogP contribution in [-0.2, 0) is 5.41 Å². The van der Waals surface area contributed by atoms with E-state index < -0.39 is 0 Å². The van der Waals surface area contributed by atoms with E-state index >= 15 is 0 Å². The van der Waals surface area contributed by atoms with Crippen molar-refractivity contribution in [3.05, 3.63) is 29.8 Å². The summed E-state index contributed by atoms with van der Waals surface area (Å²) in [5, 5.41) is 0. The molecule has 1 aromatic rings. The third kappa shape index (κ3) is 2.02. The standard InChI is InChI=1S/C13H18N2S/c1-15(2)9-13(10-16-3)8-14-12-7-5-4-6-11(12)13/h4-8H,9-10H2,1-3H3. The lowest BCUT2D eigenvalue weighted by Crippen LogP contribution is -2.39. The molecule has 2 rings (SSSR count). The first-order valence-corrected chi connectivity index (χ1v) is 6.86. The monoisotopic (exact) mass is 234 g/mol. The van der Waals surface area contributed by atoms with E-state index in [9.17, 15) is 0 Å². The molecule has 0 saturated heterocycles. The van der Waals surface area contributed by atoms with Crippen LogP contribution in [0.25, 0.3) is 0 Å². The van der Waals surface area contributed by atoms with Crippen LogP contribution in [0.2, 0.25) is 0 Å². The molecule has 0 amide bonds. The van der Waals surface area contributed by atoms with Gasteiger partial charge < -0.3 is 4.90 Å². The molecule has 1 aliphatic rings. The first kappa shape index (κ1) is 11.7. The van der Waals surface area contributed by atoms with Gasteiger partial charge >= 0.3 is 0 Å². The van der Waals surface area contributed by atoms with E-state index in [-0.39, 0.29) is 5.41 Å². The molecule has 0 aliphatic carbocycles. The number of benzene rings is 1. The highest BCUT2D eigenvalue weighted by Gasteiger charge is 2.36. The van der Waals surface area contributed by atoms with Gasteiger partial charge in [-0.15, -0.1) is 0 Å². The fraction of sp³-hybridized carbons (Fsp3) is 0.462. The third-order valence-electron chi connectivity index (χ3n) is 2.89. The second-order valence-corrected chi connectivity index (χ2v) is 5.47. The van der Waals surface area contributed by atoms with Crippen molar-refractivity contribution in [1.82, 2.24) is 4.90 Å². The van der Waals surface area contributed by atoms with Gasteiger partial charge in [0.15, 0.2) is 0 Å². The molecule has 0 radical (unpaired) electrons. The van der Waals surface area contributed by atoms with E-state index in [2.05, 4.69) is 60.7 Å². The largest absolute Gasteiger partial charge is 0.308 e. The van der Waals surface area contributed by atoms with Crippen LogP contribution < -0.4 is 0 Å². The van der Waals surface area contributed by atoms with Gasteiger partial charge in [-0.2, -0.15) is 11.8 Å². The van der Waals surface area contributed by atoms with Crippen molar-refractivity contribution < 1.29 is 0 Å². The second kappa shape index (κ2) is 4.60. The maximum atomic E-state index is 4.56. The van der Waals surface area contributed by atoms with E-state index in [1.165, 1.54) is 5.56 Å². The maximum absolute atomic E-state index is 4.56. The number of hydrogen-bond donors (Lipinski definition) is 0. The summed E-state index contributed by atoms with van der Waals surface area (Å²) in [4.78, 5) is 6.80. The molecule has 0 fully saturated rings. The quantitative estimate of drug-likeness (QED) is 0.795. The fourth-order valence-corrected chi connectivity index (χ4v) is 3.21.